The fourth-order valence-corrected chi connectivity index (χ4v) is 2.54. The van der Waals surface area contributed by atoms with Crippen molar-refractivity contribution >= 4 is 21.6 Å². The van der Waals surface area contributed by atoms with E-state index in [-0.39, 0.29) is 16.7 Å². The summed E-state index contributed by atoms with van der Waals surface area (Å²) >= 11 is 3.42. The SMILES string of the molecule is Cc1cc(Br)ccc1-n1[nH]c(C(C)(C)C)c(N)c1=O. The number of halogens is 1. The monoisotopic (exact) mass is 323 g/mol. The maximum Gasteiger partial charge on any atom is 0.294 e. The molecule has 2 rings (SSSR count). The molecule has 0 saturated carbocycles. The number of aromatic nitrogens is 2. The zero-order valence-electron chi connectivity index (χ0n) is 11.5. The molecular weight excluding hydrogens is 306 g/mol. The van der Waals surface area contributed by atoms with Gasteiger partial charge in [0.2, 0.25) is 0 Å². The highest BCUT2D eigenvalue weighted by atomic mass is 79.9. The summed E-state index contributed by atoms with van der Waals surface area (Å²) in [5, 5.41) is 3.13. The highest BCUT2D eigenvalue weighted by molar-refractivity contribution is 9.10. The van der Waals surface area contributed by atoms with E-state index in [1.54, 1.807) is 0 Å². The number of hydrogen-bond acceptors (Lipinski definition) is 2. The molecule has 0 radical (unpaired) electrons. The second kappa shape index (κ2) is 4.56. The summed E-state index contributed by atoms with van der Waals surface area (Å²) in [7, 11) is 0. The number of nitrogens with two attached hydrogens (primary N) is 1. The quantitative estimate of drug-likeness (QED) is 0.846. The zero-order valence-corrected chi connectivity index (χ0v) is 13.1. The van der Waals surface area contributed by atoms with Crippen molar-refractivity contribution in [3.63, 3.8) is 0 Å². The first kappa shape index (κ1) is 13.9. The molecule has 0 amide bonds. The standard InChI is InChI=1S/C14H18BrN3O/c1-8-7-9(15)5-6-10(8)18-13(19)11(16)12(17-18)14(2,3)4/h5-7,17H,16H2,1-4H3. The largest absolute Gasteiger partial charge is 0.393 e. The van der Waals surface area contributed by atoms with Gasteiger partial charge in [-0.2, -0.15) is 0 Å². The van der Waals surface area contributed by atoms with Crippen molar-refractivity contribution in [3.8, 4) is 5.69 Å². The van der Waals surface area contributed by atoms with Gasteiger partial charge in [-0.3, -0.25) is 9.89 Å². The number of nitrogens with zero attached hydrogens (tertiary/aromatic N) is 1. The molecule has 1 aromatic heterocycles. The molecule has 1 aromatic carbocycles. The average molecular weight is 324 g/mol. The van der Waals surface area contributed by atoms with Gasteiger partial charge in [0.1, 0.15) is 5.69 Å². The molecule has 0 aliphatic heterocycles. The highest BCUT2D eigenvalue weighted by Gasteiger charge is 2.23. The van der Waals surface area contributed by atoms with E-state index < -0.39 is 0 Å². The van der Waals surface area contributed by atoms with Gasteiger partial charge in [0.25, 0.3) is 5.56 Å². The maximum absolute atomic E-state index is 12.3. The van der Waals surface area contributed by atoms with Crippen LogP contribution in [0.1, 0.15) is 32.0 Å². The van der Waals surface area contributed by atoms with Crippen LogP contribution in [0.25, 0.3) is 5.69 Å². The van der Waals surface area contributed by atoms with E-state index in [0.29, 0.717) is 0 Å². The van der Waals surface area contributed by atoms with Gasteiger partial charge >= 0.3 is 0 Å². The second-order valence-corrected chi connectivity index (χ2v) is 6.64. The van der Waals surface area contributed by atoms with Gasteiger partial charge in [-0.1, -0.05) is 36.7 Å². The minimum atomic E-state index is -0.199. The first-order valence-electron chi connectivity index (χ1n) is 6.09. The summed E-state index contributed by atoms with van der Waals surface area (Å²) in [5.74, 6) is 0. The number of rotatable bonds is 1. The lowest BCUT2D eigenvalue weighted by molar-refractivity contribution is 0.561. The van der Waals surface area contributed by atoms with E-state index in [9.17, 15) is 4.79 Å². The lowest BCUT2D eigenvalue weighted by Crippen LogP contribution is -2.17. The van der Waals surface area contributed by atoms with Crippen molar-refractivity contribution < 1.29 is 0 Å². The number of aromatic amines is 1. The third-order valence-corrected chi connectivity index (χ3v) is 3.57. The molecule has 0 aliphatic rings. The Hall–Kier alpha value is -1.49. The van der Waals surface area contributed by atoms with E-state index >= 15 is 0 Å². The number of hydrogen-bond donors (Lipinski definition) is 2. The van der Waals surface area contributed by atoms with Crippen LogP contribution in [0.4, 0.5) is 5.69 Å². The number of benzene rings is 1. The van der Waals surface area contributed by atoms with Gasteiger partial charge in [-0.15, -0.1) is 0 Å². The van der Waals surface area contributed by atoms with E-state index in [4.69, 9.17) is 5.73 Å². The number of nitrogen functional groups attached to an aromatic ring is 1. The predicted octanol–water partition coefficient (Wildman–Crippen LogP) is 3.12. The van der Waals surface area contributed by atoms with E-state index in [1.807, 2.05) is 45.9 Å². The third-order valence-electron chi connectivity index (χ3n) is 3.08. The van der Waals surface area contributed by atoms with Gasteiger partial charge in [-0.25, -0.2) is 4.68 Å². The van der Waals surface area contributed by atoms with Gasteiger partial charge in [0.05, 0.1) is 11.4 Å². The van der Waals surface area contributed by atoms with Crippen molar-refractivity contribution in [1.82, 2.24) is 9.78 Å². The van der Waals surface area contributed by atoms with E-state index in [2.05, 4.69) is 21.0 Å². The molecule has 3 N–H and O–H groups in total. The summed E-state index contributed by atoms with van der Waals surface area (Å²) in [5.41, 5.74) is 8.40. The Morgan fingerprint density at radius 3 is 2.42 bits per heavy atom. The lowest BCUT2D eigenvalue weighted by atomic mass is 9.91. The van der Waals surface area contributed by atoms with Crippen molar-refractivity contribution in [3.05, 3.63) is 44.3 Å². The van der Waals surface area contributed by atoms with E-state index in [0.717, 1.165) is 21.4 Å². The van der Waals surface area contributed by atoms with Gasteiger partial charge in [0, 0.05) is 9.89 Å². The Labute approximate surface area is 120 Å². The minimum Gasteiger partial charge on any atom is -0.393 e. The minimum absolute atomic E-state index is 0.197. The van der Waals surface area contributed by atoms with Crippen LogP contribution < -0.4 is 11.3 Å². The average Bonchev–Trinajstić information content (AvgIpc) is 2.56. The Kier molecular flexibility index (Phi) is 3.34. The van der Waals surface area contributed by atoms with Gasteiger partial charge in [0.15, 0.2) is 0 Å². The van der Waals surface area contributed by atoms with Crippen LogP contribution >= 0.6 is 15.9 Å². The molecule has 0 spiro atoms. The van der Waals surface area contributed by atoms with E-state index in [1.165, 1.54) is 4.68 Å². The molecule has 0 saturated heterocycles. The number of anilines is 1. The lowest BCUT2D eigenvalue weighted by Gasteiger charge is -2.16. The molecular formula is C14H18BrN3O. The topological polar surface area (TPSA) is 63.8 Å². The Morgan fingerprint density at radius 1 is 1.32 bits per heavy atom. The summed E-state index contributed by atoms with van der Waals surface area (Å²) in [4.78, 5) is 12.3. The fourth-order valence-electron chi connectivity index (χ4n) is 2.06. The first-order chi connectivity index (χ1) is 8.71. The zero-order chi connectivity index (χ0) is 14.4. The summed E-state index contributed by atoms with van der Waals surface area (Å²) in [6, 6.07) is 5.77. The Morgan fingerprint density at radius 2 is 1.95 bits per heavy atom. The molecule has 0 atom stereocenters. The number of aryl methyl sites for hydroxylation is 1. The fraction of sp³-hybridized carbons (Fsp3) is 0.357. The number of H-pyrrole nitrogens is 1. The van der Waals surface area contributed by atoms with Crippen LogP contribution in [0.2, 0.25) is 0 Å². The molecule has 102 valence electrons. The predicted molar refractivity (Wildman–Crippen MR) is 81.9 cm³/mol. The normalized spacial score (nSPS) is 11.8. The smallest absolute Gasteiger partial charge is 0.294 e. The van der Waals surface area contributed by atoms with Gasteiger partial charge < -0.3 is 5.73 Å². The molecule has 1 heterocycles. The second-order valence-electron chi connectivity index (χ2n) is 5.72. The highest BCUT2D eigenvalue weighted by Crippen LogP contribution is 2.25. The Balaban J connectivity index is 2.68. The molecule has 4 nitrogen and oxygen atoms in total. The maximum atomic E-state index is 12.3. The molecule has 0 unspecified atom stereocenters. The van der Waals surface area contributed by atoms with Crippen molar-refractivity contribution in [1.29, 1.82) is 0 Å². The molecule has 2 aromatic rings. The Bertz CT molecular complexity index is 677. The van der Waals surface area contributed by atoms with Crippen LogP contribution in [0.15, 0.2) is 27.5 Å². The molecule has 0 aliphatic carbocycles. The van der Waals surface area contributed by atoms with Crippen molar-refractivity contribution in [2.24, 2.45) is 0 Å². The summed E-state index contributed by atoms with van der Waals surface area (Å²) in [6.07, 6.45) is 0. The van der Waals surface area contributed by atoms with Crippen LogP contribution in [0, 0.1) is 6.92 Å². The van der Waals surface area contributed by atoms with Crippen LogP contribution in [0.5, 0.6) is 0 Å². The van der Waals surface area contributed by atoms with Crippen LogP contribution in [-0.2, 0) is 5.41 Å². The first-order valence-corrected chi connectivity index (χ1v) is 6.88. The van der Waals surface area contributed by atoms with Crippen LogP contribution in [-0.4, -0.2) is 9.78 Å². The third kappa shape index (κ3) is 2.47. The molecule has 0 fully saturated rings. The van der Waals surface area contributed by atoms with Crippen molar-refractivity contribution in [2.45, 2.75) is 33.1 Å². The summed E-state index contributed by atoms with van der Waals surface area (Å²) < 4.78 is 2.50. The molecule has 0 bridgehead atoms. The van der Waals surface area contributed by atoms with Gasteiger partial charge in [-0.05, 0) is 30.7 Å². The number of nitrogens with one attached hydrogen (secondary N) is 1. The van der Waals surface area contributed by atoms with Crippen LogP contribution in [0.3, 0.4) is 0 Å². The van der Waals surface area contributed by atoms with Crippen molar-refractivity contribution in [2.75, 3.05) is 5.73 Å². The molecule has 5 heteroatoms. The molecule has 19 heavy (non-hydrogen) atoms. The summed E-state index contributed by atoms with van der Waals surface area (Å²) in [6.45, 7) is 8.02.